The Morgan fingerprint density at radius 2 is 1.33 bits per heavy atom. The number of furan rings is 1. The third kappa shape index (κ3) is 3.02. The summed E-state index contributed by atoms with van der Waals surface area (Å²) in [4.78, 5) is 0. The van der Waals surface area contributed by atoms with E-state index < -0.39 is 0 Å². The summed E-state index contributed by atoms with van der Waals surface area (Å²) < 4.78 is 40.4. The summed E-state index contributed by atoms with van der Waals surface area (Å²) in [6.07, 6.45) is 0. The number of rotatable bonds is 2. The Kier molecular flexibility index (Phi) is 3.36. The molecule has 0 atom stereocenters. The Balaban J connectivity index is 1.90. The predicted octanol–water partition coefficient (Wildman–Crippen LogP) is 8.53. The average molecular weight is 395 g/mol. The molecule has 1 nitrogen and oxygen atoms in total. The minimum Gasteiger partial charge on any atom is -0.455 e. The summed E-state index contributed by atoms with van der Waals surface area (Å²) in [5, 5.41) is 2.10. The van der Waals surface area contributed by atoms with Crippen molar-refractivity contribution in [1.82, 2.24) is 0 Å². The van der Waals surface area contributed by atoms with Crippen LogP contribution in [0.5, 0.6) is 0 Å². The van der Waals surface area contributed by atoms with Crippen LogP contribution in [0.2, 0.25) is 0 Å². The second-order valence-corrected chi connectivity index (χ2v) is 8.76. The lowest BCUT2D eigenvalue weighted by molar-refractivity contribution is 0.593. The molecule has 4 aromatic carbocycles. The molecule has 1 heterocycles. The van der Waals surface area contributed by atoms with E-state index in [4.69, 9.17) is 9.90 Å². The quantitative estimate of drug-likeness (QED) is 0.292. The molecule has 148 valence electrons. The molecular weight excluding hydrogens is 364 g/mol. The molecule has 0 spiro atoms. The molecule has 0 fully saturated rings. The molecule has 0 radical (unpaired) electrons. The molecule has 30 heavy (non-hydrogen) atoms. The molecule has 0 saturated carbocycles. The van der Waals surface area contributed by atoms with E-state index in [-0.39, 0.29) is 29.6 Å². The van der Waals surface area contributed by atoms with Gasteiger partial charge >= 0.3 is 0 Å². The predicted molar refractivity (Wildman–Crippen MR) is 128 cm³/mol. The molecule has 5 aromatic rings. The van der Waals surface area contributed by atoms with Crippen molar-refractivity contribution >= 4 is 21.9 Å². The van der Waals surface area contributed by atoms with Gasteiger partial charge in [-0.05, 0) is 40.7 Å². The minimum absolute atomic E-state index is 0.000600. The van der Waals surface area contributed by atoms with Gasteiger partial charge in [-0.1, -0.05) is 105 Å². The Morgan fingerprint density at radius 3 is 2.10 bits per heavy atom. The highest BCUT2D eigenvalue weighted by atomic mass is 16.3. The number of benzene rings is 4. The first-order valence-corrected chi connectivity index (χ1v) is 10.2. The van der Waals surface area contributed by atoms with Crippen LogP contribution >= 0.6 is 0 Å². The molecule has 5 rings (SSSR count). The van der Waals surface area contributed by atoms with Crippen LogP contribution in [0.4, 0.5) is 0 Å². The van der Waals surface area contributed by atoms with Gasteiger partial charge in [0.1, 0.15) is 11.2 Å². The highest BCUT2D eigenvalue weighted by Gasteiger charge is 2.25. The summed E-state index contributed by atoms with van der Waals surface area (Å²) in [7, 11) is 0. The Morgan fingerprint density at radius 1 is 0.700 bits per heavy atom. The zero-order valence-corrected chi connectivity index (χ0v) is 17.7. The van der Waals surface area contributed by atoms with E-state index in [1.807, 2.05) is 42.5 Å². The van der Waals surface area contributed by atoms with Gasteiger partial charge in [0.25, 0.3) is 0 Å². The SMILES string of the molecule is [2H]c1c([2H])c(-c2cccc(-c3cccc4c3oc3ccccc34)c2C(C)(C)C)c([2H])c([2H])c1C. The number of para-hydroxylation sites is 2. The van der Waals surface area contributed by atoms with Crippen LogP contribution in [-0.2, 0) is 5.41 Å². The summed E-state index contributed by atoms with van der Waals surface area (Å²) in [6, 6.07) is 20.0. The Labute approximate surface area is 183 Å². The van der Waals surface area contributed by atoms with Crippen molar-refractivity contribution in [1.29, 1.82) is 0 Å². The zero-order valence-electron chi connectivity index (χ0n) is 21.7. The minimum atomic E-state index is -0.339. The van der Waals surface area contributed by atoms with Gasteiger partial charge in [-0.25, -0.2) is 0 Å². The smallest absolute Gasteiger partial charge is 0.143 e. The Hall–Kier alpha value is -3.32. The maximum atomic E-state index is 8.68. The maximum Gasteiger partial charge on any atom is 0.143 e. The van der Waals surface area contributed by atoms with Gasteiger partial charge in [-0.3, -0.25) is 0 Å². The third-order valence-corrected chi connectivity index (χ3v) is 5.53. The van der Waals surface area contributed by atoms with E-state index in [1.165, 1.54) is 0 Å². The topological polar surface area (TPSA) is 13.1 Å². The fraction of sp³-hybridized carbons (Fsp3) is 0.172. The fourth-order valence-electron chi connectivity index (χ4n) is 4.26. The summed E-state index contributed by atoms with van der Waals surface area (Å²) in [6.45, 7) is 7.96. The highest BCUT2D eigenvalue weighted by molar-refractivity contribution is 6.10. The molecule has 1 aromatic heterocycles. The summed E-state index contributed by atoms with van der Waals surface area (Å²) >= 11 is 0. The van der Waals surface area contributed by atoms with Crippen molar-refractivity contribution < 1.29 is 9.90 Å². The third-order valence-electron chi connectivity index (χ3n) is 5.53. The van der Waals surface area contributed by atoms with Crippen molar-refractivity contribution in [3.8, 4) is 22.3 Å². The van der Waals surface area contributed by atoms with Gasteiger partial charge in [0, 0.05) is 16.3 Å². The van der Waals surface area contributed by atoms with Crippen LogP contribution < -0.4 is 0 Å². The molecule has 1 heteroatoms. The molecule has 0 amide bonds. The lowest BCUT2D eigenvalue weighted by Gasteiger charge is -2.27. The van der Waals surface area contributed by atoms with Gasteiger partial charge < -0.3 is 4.42 Å². The van der Waals surface area contributed by atoms with Gasteiger partial charge in [-0.2, -0.15) is 0 Å². The first-order chi connectivity index (χ1) is 16.1. The van der Waals surface area contributed by atoms with E-state index >= 15 is 0 Å². The lowest BCUT2D eigenvalue weighted by Crippen LogP contribution is -2.14. The van der Waals surface area contributed by atoms with E-state index in [0.29, 0.717) is 11.1 Å². The molecule has 0 unspecified atom stereocenters. The molecule has 0 bridgehead atoms. The number of fused-ring (bicyclic) bond motifs is 3. The molecular formula is C29H26O. The molecule has 0 aliphatic carbocycles. The monoisotopic (exact) mass is 394 g/mol. The van der Waals surface area contributed by atoms with E-state index in [2.05, 4.69) is 39.0 Å². The fourth-order valence-corrected chi connectivity index (χ4v) is 4.26. The van der Waals surface area contributed by atoms with Gasteiger partial charge in [0.15, 0.2) is 0 Å². The molecule has 0 aliphatic rings. The van der Waals surface area contributed by atoms with Crippen LogP contribution in [0.3, 0.4) is 0 Å². The maximum absolute atomic E-state index is 8.68. The van der Waals surface area contributed by atoms with Crippen LogP contribution in [0, 0.1) is 6.92 Å². The number of hydrogen-bond donors (Lipinski definition) is 0. The first kappa shape index (κ1) is 14.6. The van der Waals surface area contributed by atoms with E-state index in [9.17, 15) is 0 Å². The van der Waals surface area contributed by atoms with Gasteiger partial charge in [-0.15, -0.1) is 0 Å². The van der Waals surface area contributed by atoms with Crippen LogP contribution in [0.1, 0.15) is 37.4 Å². The van der Waals surface area contributed by atoms with Crippen LogP contribution in [0.25, 0.3) is 44.2 Å². The first-order valence-electron chi connectivity index (χ1n) is 12.2. The lowest BCUT2D eigenvalue weighted by atomic mass is 9.77. The molecule has 0 saturated heterocycles. The van der Waals surface area contributed by atoms with Gasteiger partial charge in [0.05, 0.1) is 5.48 Å². The van der Waals surface area contributed by atoms with E-state index in [0.717, 1.165) is 44.2 Å². The molecule has 0 aliphatic heterocycles. The highest BCUT2D eigenvalue weighted by Crippen LogP contribution is 2.43. The van der Waals surface area contributed by atoms with Crippen molar-refractivity contribution in [2.45, 2.75) is 33.1 Å². The Bertz CT molecular complexity index is 1560. The van der Waals surface area contributed by atoms with Crippen molar-refractivity contribution in [3.63, 3.8) is 0 Å². The van der Waals surface area contributed by atoms with Crippen LogP contribution in [0.15, 0.2) is 89.3 Å². The molecule has 0 N–H and O–H groups in total. The summed E-state index contributed by atoms with van der Waals surface area (Å²) in [5.41, 5.74) is 5.58. The average Bonchev–Trinajstić information content (AvgIpc) is 3.20. The largest absolute Gasteiger partial charge is 0.455 e. The van der Waals surface area contributed by atoms with Crippen molar-refractivity contribution in [3.05, 3.63) is 96.0 Å². The van der Waals surface area contributed by atoms with E-state index in [1.54, 1.807) is 6.92 Å². The normalized spacial score (nSPS) is 13.9. The second kappa shape index (κ2) is 6.88. The standard InChI is InChI=1S/C29H26O/c1-19-15-17-20(18-16-19)21-10-7-11-23(27(21)29(2,3)4)25-13-8-12-24-22-9-5-6-14-26(22)30-28(24)25/h5-18H,1-4H3/i15D,16D,17D,18D. The van der Waals surface area contributed by atoms with Crippen LogP contribution in [-0.4, -0.2) is 0 Å². The second-order valence-electron chi connectivity index (χ2n) is 8.76. The van der Waals surface area contributed by atoms with Crippen molar-refractivity contribution in [2.75, 3.05) is 0 Å². The zero-order chi connectivity index (χ0) is 24.4. The van der Waals surface area contributed by atoms with Gasteiger partial charge in [0.2, 0.25) is 0 Å². The van der Waals surface area contributed by atoms with Crippen molar-refractivity contribution in [2.24, 2.45) is 0 Å². The number of hydrogen-bond acceptors (Lipinski definition) is 1. The summed E-state index contributed by atoms with van der Waals surface area (Å²) in [5.74, 6) is 0.